The normalized spacial score (nSPS) is 12.9. The fourth-order valence-electron chi connectivity index (χ4n) is 1.43. The number of aromatic nitrogens is 1. The molecule has 3 nitrogen and oxygen atoms in total. The first-order valence-electron chi connectivity index (χ1n) is 5.56. The van der Waals surface area contributed by atoms with Crippen molar-refractivity contribution in [1.82, 2.24) is 4.98 Å². The highest BCUT2D eigenvalue weighted by molar-refractivity contribution is 5.98. The van der Waals surface area contributed by atoms with E-state index in [1.54, 1.807) is 6.92 Å². The molecule has 0 aliphatic rings. The number of oxazole rings is 1. The zero-order valence-corrected chi connectivity index (χ0v) is 11.3. The number of aryl methyl sites for hydroxylation is 1. The second kappa shape index (κ2) is 3.72. The molecule has 0 aliphatic carbocycles. The van der Waals surface area contributed by atoms with Crippen molar-refractivity contribution < 1.29 is 9.21 Å². The first-order chi connectivity index (χ1) is 7.03. The molecule has 3 heteroatoms. The van der Waals surface area contributed by atoms with Gasteiger partial charge in [0.05, 0.1) is 5.69 Å². The number of rotatable bonds is 1. The van der Waals surface area contributed by atoms with Crippen molar-refractivity contribution in [3.05, 3.63) is 17.3 Å². The van der Waals surface area contributed by atoms with Gasteiger partial charge in [0.25, 0.3) is 0 Å². The van der Waals surface area contributed by atoms with E-state index >= 15 is 0 Å². The summed E-state index contributed by atoms with van der Waals surface area (Å²) in [6, 6.07) is 0. The van der Waals surface area contributed by atoms with Gasteiger partial charge in [-0.3, -0.25) is 4.79 Å². The van der Waals surface area contributed by atoms with Crippen LogP contribution >= 0.6 is 0 Å². The first-order valence-corrected chi connectivity index (χ1v) is 5.56. The van der Waals surface area contributed by atoms with E-state index < -0.39 is 5.41 Å². The second-order valence-corrected chi connectivity index (χ2v) is 6.24. The summed E-state index contributed by atoms with van der Waals surface area (Å²) in [6.45, 7) is 13.5. The largest absolute Gasteiger partial charge is 0.438 e. The molecule has 0 spiro atoms. The molecule has 1 aromatic rings. The third kappa shape index (κ3) is 2.52. The van der Waals surface area contributed by atoms with E-state index in [-0.39, 0.29) is 11.2 Å². The van der Waals surface area contributed by atoms with Crippen LogP contribution in [0, 0.1) is 12.3 Å². The van der Waals surface area contributed by atoms with Gasteiger partial charge in [-0.05, 0) is 0 Å². The van der Waals surface area contributed by atoms with E-state index in [2.05, 4.69) is 4.98 Å². The van der Waals surface area contributed by atoms with Crippen LogP contribution in [0.5, 0.6) is 0 Å². The van der Waals surface area contributed by atoms with E-state index in [0.29, 0.717) is 11.7 Å². The molecule has 0 fully saturated rings. The Hall–Kier alpha value is -1.12. The number of carbonyl (C=O) groups is 1. The van der Waals surface area contributed by atoms with Gasteiger partial charge in [-0.25, -0.2) is 4.98 Å². The number of hydrogen-bond acceptors (Lipinski definition) is 3. The Morgan fingerprint density at radius 1 is 1.12 bits per heavy atom. The van der Waals surface area contributed by atoms with E-state index in [1.807, 2.05) is 41.5 Å². The lowest BCUT2D eigenvalue weighted by atomic mass is 9.84. The lowest BCUT2D eigenvalue weighted by Gasteiger charge is -2.20. The average Bonchev–Trinajstić information content (AvgIpc) is 2.43. The molecule has 0 bridgehead atoms. The molecular formula is C13H21NO2. The van der Waals surface area contributed by atoms with Crippen LogP contribution in [0.3, 0.4) is 0 Å². The SMILES string of the molecule is Cc1nc(C(C)(C)C)c(C(=O)C(C)(C)C)o1. The highest BCUT2D eigenvalue weighted by Crippen LogP contribution is 2.30. The molecule has 0 radical (unpaired) electrons. The minimum absolute atomic E-state index is 0.0121. The quantitative estimate of drug-likeness (QED) is 0.684. The van der Waals surface area contributed by atoms with Crippen molar-refractivity contribution in [2.24, 2.45) is 5.41 Å². The van der Waals surface area contributed by atoms with Gasteiger partial charge in [0.2, 0.25) is 5.78 Å². The zero-order chi connectivity index (χ0) is 12.7. The summed E-state index contributed by atoms with van der Waals surface area (Å²) >= 11 is 0. The van der Waals surface area contributed by atoms with Gasteiger partial charge in [-0.1, -0.05) is 41.5 Å². The molecule has 0 unspecified atom stereocenters. The second-order valence-electron chi connectivity index (χ2n) is 6.24. The molecule has 1 rings (SSSR count). The minimum Gasteiger partial charge on any atom is -0.438 e. The van der Waals surface area contributed by atoms with Crippen LogP contribution in [0.2, 0.25) is 0 Å². The lowest BCUT2D eigenvalue weighted by Crippen LogP contribution is -2.24. The fourth-order valence-corrected chi connectivity index (χ4v) is 1.43. The maximum absolute atomic E-state index is 12.2. The van der Waals surface area contributed by atoms with Crippen LogP contribution in [-0.4, -0.2) is 10.8 Å². The van der Waals surface area contributed by atoms with Gasteiger partial charge >= 0.3 is 0 Å². The van der Waals surface area contributed by atoms with Crippen molar-refractivity contribution in [3.8, 4) is 0 Å². The van der Waals surface area contributed by atoms with Gasteiger partial charge in [-0.15, -0.1) is 0 Å². The molecule has 0 amide bonds. The molecular weight excluding hydrogens is 202 g/mol. The standard InChI is InChI=1S/C13H21NO2/c1-8-14-10(12(2,3)4)9(16-8)11(15)13(5,6)7/h1-7H3. The van der Waals surface area contributed by atoms with Gasteiger partial charge in [-0.2, -0.15) is 0 Å². The van der Waals surface area contributed by atoms with Crippen molar-refractivity contribution >= 4 is 5.78 Å². The number of nitrogens with zero attached hydrogens (tertiary/aromatic N) is 1. The monoisotopic (exact) mass is 223 g/mol. The minimum atomic E-state index is -0.439. The Kier molecular flexibility index (Phi) is 3.01. The van der Waals surface area contributed by atoms with Gasteiger partial charge < -0.3 is 4.42 Å². The number of Topliss-reactive ketones (excluding diaryl/α,β-unsaturated/α-hetero) is 1. The molecule has 0 N–H and O–H groups in total. The van der Waals surface area contributed by atoms with Crippen molar-refractivity contribution in [3.63, 3.8) is 0 Å². The highest BCUT2D eigenvalue weighted by atomic mass is 16.4. The Balaban J connectivity index is 3.30. The summed E-state index contributed by atoms with van der Waals surface area (Å²) < 4.78 is 5.47. The van der Waals surface area contributed by atoms with Crippen LogP contribution in [-0.2, 0) is 5.41 Å². The zero-order valence-electron chi connectivity index (χ0n) is 11.3. The molecule has 16 heavy (non-hydrogen) atoms. The van der Waals surface area contributed by atoms with E-state index in [4.69, 9.17) is 4.42 Å². The van der Waals surface area contributed by atoms with E-state index in [1.165, 1.54) is 0 Å². The fraction of sp³-hybridized carbons (Fsp3) is 0.692. The summed E-state index contributed by atoms with van der Waals surface area (Å²) in [5.41, 5.74) is 0.143. The molecule has 1 heterocycles. The van der Waals surface area contributed by atoms with Crippen LogP contribution in [0.4, 0.5) is 0 Å². The van der Waals surface area contributed by atoms with E-state index in [0.717, 1.165) is 5.69 Å². The van der Waals surface area contributed by atoms with E-state index in [9.17, 15) is 4.79 Å². The summed E-state index contributed by atoms with van der Waals surface area (Å²) in [4.78, 5) is 16.5. The topological polar surface area (TPSA) is 43.1 Å². The average molecular weight is 223 g/mol. The maximum Gasteiger partial charge on any atom is 0.205 e. The number of carbonyl (C=O) groups excluding carboxylic acids is 1. The molecule has 90 valence electrons. The van der Waals surface area contributed by atoms with Crippen LogP contribution in [0.25, 0.3) is 0 Å². The molecule has 0 atom stereocenters. The predicted molar refractivity (Wildman–Crippen MR) is 63.7 cm³/mol. The summed E-state index contributed by atoms with van der Waals surface area (Å²) in [5, 5.41) is 0. The van der Waals surface area contributed by atoms with Crippen LogP contribution in [0.15, 0.2) is 4.42 Å². The maximum atomic E-state index is 12.2. The van der Waals surface area contributed by atoms with Gasteiger partial charge in [0, 0.05) is 17.8 Å². The summed E-state index contributed by atoms with van der Waals surface area (Å²) in [6.07, 6.45) is 0. The Bertz CT molecular complexity index is 403. The Labute approximate surface area is 97.3 Å². The number of hydrogen-bond donors (Lipinski definition) is 0. The molecule has 0 saturated carbocycles. The van der Waals surface area contributed by atoms with Gasteiger partial charge in [0.15, 0.2) is 11.7 Å². The van der Waals surface area contributed by atoms with Crippen molar-refractivity contribution in [2.75, 3.05) is 0 Å². The molecule has 0 aliphatic heterocycles. The summed E-state index contributed by atoms with van der Waals surface area (Å²) in [7, 11) is 0. The van der Waals surface area contributed by atoms with Crippen molar-refractivity contribution in [2.45, 2.75) is 53.9 Å². The molecule has 0 saturated heterocycles. The lowest BCUT2D eigenvalue weighted by molar-refractivity contribution is 0.0824. The summed E-state index contributed by atoms with van der Waals surface area (Å²) in [5.74, 6) is 0.980. The Morgan fingerprint density at radius 2 is 1.62 bits per heavy atom. The predicted octanol–water partition coefficient (Wildman–Crippen LogP) is 3.51. The molecule has 0 aromatic carbocycles. The van der Waals surface area contributed by atoms with Crippen LogP contribution in [0.1, 0.15) is 63.7 Å². The van der Waals surface area contributed by atoms with Gasteiger partial charge in [0.1, 0.15) is 0 Å². The Morgan fingerprint density at radius 3 is 2.00 bits per heavy atom. The number of ketones is 1. The first kappa shape index (κ1) is 12.9. The molecule has 1 aromatic heterocycles. The third-order valence-corrected chi connectivity index (χ3v) is 2.33. The van der Waals surface area contributed by atoms with Crippen molar-refractivity contribution in [1.29, 1.82) is 0 Å². The highest BCUT2D eigenvalue weighted by Gasteiger charge is 2.33. The smallest absolute Gasteiger partial charge is 0.205 e. The van der Waals surface area contributed by atoms with Crippen LogP contribution < -0.4 is 0 Å². The third-order valence-electron chi connectivity index (χ3n) is 2.33.